The molecule has 1 fully saturated rings. The van der Waals surface area contributed by atoms with E-state index >= 15 is 0 Å². The predicted octanol–water partition coefficient (Wildman–Crippen LogP) is 1.39. The maximum absolute atomic E-state index is 8.93. The summed E-state index contributed by atoms with van der Waals surface area (Å²) in [6.45, 7) is 4.88. The van der Waals surface area contributed by atoms with Gasteiger partial charge in [0, 0.05) is 6.61 Å². The van der Waals surface area contributed by atoms with Gasteiger partial charge in [-0.25, -0.2) is 0 Å². The minimum absolute atomic E-state index is 0.393. The second-order valence-electron chi connectivity index (χ2n) is 3.93. The van der Waals surface area contributed by atoms with Crippen molar-refractivity contribution in [1.82, 2.24) is 5.32 Å². The van der Waals surface area contributed by atoms with Gasteiger partial charge in [-0.1, -0.05) is 6.92 Å². The first kappa shape index (κ1) is 10.0. The zero-order valence-corrected chi connectivity index (χ0v) is 8.05. The number of rotatable bonds is 5. The van der Waals surface area contributed by atoms with Crippen molar-refractivity contribution in [2.75, 3.05) is 19.7 Å². The first-order valence-corrected chi connectivity index (χ1v) is 5.18. The third kappa shape index (κ3) is 3.11. The fourth-order valence-corrected chi connectivity index (χ4v) is 2.01. The fraction of sp³-hybridized carbons (Fsp3) is 1.00. The standard InChI is InChI=1S/C10H21NO/c1-2-5-11-7-9-3-4-10(6-9)8-12/h9-12H,2-8H2,1H3. The van der Waals surface area contributed by atoms with Crippen LogP contribution in [0, 0.1) is 11.8 Å². The molecule has 0 aromatic carbocycles. The van der Waals surface area contributed by atoms with Crippen molar-refractivity contribution in [3.05, 3.63) is 0 Å². The van der Waals surface area contributed by atoms with E-state index in [0.717, 1.165) is 19.0 Å². The molecule has 0 aliphatic heterocycles. The van der Waals surface area contributed by atoms with E-state index in [1.54, 1.807) is 0 Å². The SMILES string of the molecule is CCCNCC1CCC(CO)C1. The lowest BCUT2D eigenvalue weighted by molar-refractivity contribution is 0.226. The summed E-state index contributed by atoms with van der Waals surface area (Å²) in [5.74, 6) is 1.42. The summed E-state index contributed by atoms with van der Waals surface area (Å²) in [5.41, 5.74) is 0. The van der Waals surface area contributed by atoms with Crippen LogP contribution in [-0.2, 0) is 0 Å². The highest BCUT2D eigenvalue weighted by Crippen LogP contribution is 2.29. The summed E-state index contributed by atoms with van der Waals surface area (Å²) in [6, 6.07) is 0. The summed E-state index contributed by atoms with van der Waals surface area (Å²) >= 11 is 0. The third-order valence-electron chi connectivity index (χ3n) is 2.77. The summed E-state index contributed by atoms with van der Waals surface area (Å²) in [6.07, 6.45) is 4.99. The largest absolute Gasteiger partial charge is 0.396 e. The van der Waals surface area contributed by atoms with Crippen LogP contribution in [0.2, 0.25) is 0 Å². The Morgan fingerprint density at radius 2 is 2.08 bits per heavy atom. The van der Waals surface area contributed by atoms with E-state index in [0.29, 0.717) is 12.5 Å². The van der Waals surface area contributed by atoms with Crippen LogP contribution in [0.1, 0.15) is 32.6 Å². The molecule has 0 aromatic heterocycles. The second-order valence-corrected chi connectivity index (χ2v) is 3.93. The lowest BCUT2D eigenvalue weighted by Crippen LogP contribution is -2.22. The van der Waals surface area contributed by atoms with Crippen LogP contribution in [0.15, 0.2) is 0 Å². The Labute approximate surface area is 75.4 Å². The van der Waals surface area contributed by atoms with Crippen LogP contribution in [-0.4, -0.2) is 24.8 Å². The van der Waals surface area contributed by atoms with Crippen LogP contribution in [0.4, 0.5) is 0 Å². The lowest BCUT2D eigenvalue weighted by atomic mass is 10.1. The number of hydrogen-bond acceptors (Lipinski definition) is 2. The molecule has 2 nitrogen and oxygen atoms in total. The van der Waals surface area contributed by atoms with E-state index in [4.69, 9.17) is 5.11 Å². The second kappa shape index (κ2) is 5.55. The minimum atomic E-state index is 0.393. The van der Waals surface area contributed by atoms with Crippen LogP contribution >= 0.6 is 0 Å². The van der Waals surface area contributed by atoms with Gasteiger partial charge >= 0.3 is 0 Å². The van der Waals surface area contributed by atoms with Gasteiger partial charge in [0.2, 0.25) is 0 Å². The van der Waals surface area contributed by atoms with Crippen molar-refractivity contribution in [1.29, 1.82) is 0 Å². The molecular weight excluding hydrogens is 150 g/mol. The average Bonchev–Trinajstić information content (AvgIpc) is 2.53. The molecule has 0 aromatic rings. The zero-order valence-electron chi connectivity index (χ0n) is 8.05. The molecule has 0 bridgehead atoms. The maximum atomic E-state index is 8.93. The van der Waals surface area contributed by atoms with Crippen LogP contribution in [0.3, 0.4) is 0 Å². The van der Waals surface area contributed by atoms with E-state index in [1.807, 2.05) is 0 Å². The Morgan fingerprint density at radius 3 is 2.67 bits per heavy atom. The molecule has 0 amide bonds. The van der Waals surface area contributed by atoms with Crippen molar-refractivity contribution in [2.24, 2.45) is 11.8 Å². The first-order chi connectivity index (χ1) is 5.86. The molecule has 72 valence electrons. The summed E-state index contributed by atoms with van der Waals surface area (Å²) in [7, 11) is 0. The average molecular weight is 171 g/mol. The van der Waals surface area contributed by atoms with Crippen molar-refractivity contribution in [3.63, 3.8) is 0 Å². The van der Waals surface area contributed by atoms with Crippen molar-refractivity contribution < 1.29 is 5.11 Å². The van der Waals surface area contributed by atoms with Crippen LogP contribution < -0.4 is 5.32 Å². The molecule has 2 unspecified atom stereocenters. The van der Waals surface area contributed by atoms with Crippen LogP contribution in [0.5, 0.6) is 0 Å². The molecule has 1 saturated carbocycles. The summed E-state index contributed by atoms with van der Waals surface area (Å²) < 4.78 is 0. The minimum Gasteiger partial charge on any atom is -0.396 e. The molecule has 1 aliphatic carbocycles. The highest BCUT2D eigenvalue weighted by molar-refractivity contribution is 4.76. The molecule has 1 rings (SSSR count). The maximum Gasteiger partial charge on any atom is 0.0459 e. The highest BCUT2D eigenvalue weighted by Gasteiger charge is 2.23. The Morgan fingerprint density at radius 1 is 1.33 bits per heavy atom. The van der Waals surface area contributed by atoms with Gasteiger partial charge in [0.25, 0.3) is 0 Å². The molecule has 2 heteroatoms. The van der Waals surface area contributed by atoms with E-state index in [2.05, 4.69) is 12.2 Å². The van der Waals surface area contributed by atoms with Gasteiger partial charge in [-0.3, -0.25) is 0 Å². The van der Waals surface area contributed by atoms with Crippen molar-refractivity contribution in [2.45, 2.75) is 32.6 Å². The first-order valence-electron chi connectivity index (χ1n) is 5.18. The molecule has 0 spiro atoms. The predicted molar refractivity (Wildman–Crippen MR) is 51.1 cm³/mol. The molecular formula is C10H21NO. The molecule has 0 radical (unpaired) electrons. The Hall–Kier alpha value is -0.0800. The lowest BCUT2D eigenvalue weighted by Gasteiger charge is -2.10. The quantitative estimate of drug-likeness (QED) is 0.613. The molecule has 0 heterocycles. The number of hydrogen-bond donors (Lipinski definition) is 2. The van der Waals surface area contributed by atoms with Crippen molar-refractivity contribution >= 4 is 0 Å². The summed E-state index contributed by atoms with van der Waals surface area (Å²) in [5, 5.41) is 12.4. The van der Waals surface area contributed by atoms with Gasteiger partial charge in [-0.15, -0.1) is 0 Å². The van der Waals surface area contributed by atoms with Gasteiger partial charge in [0.05, 0.1) is 0 Å². The topological polar surface area (TPSA) is 32.3 Å². The van der Waals surface area contributed by atoms with Gasteiger partial charge in [-0.2, -0.15) is 0 Å². The number of nitrogens with one attached hydrogen (secondary N) is 1. The van der Waals surface area contributed by atoms with Gasteiger partial charge in [-0.05, 0) is 50.6 Å². The van der Waals surface area contributed by atoms with E-state index in [-0.39, 0.29) is 0 Å². The molecule has 1 aliphatic rings. The number of aliphatic hydroxyl groups excluding tert-OH is 1. The normalized spacial score (nSPS) is 29.5. The van der Waals surface area contributed by atoms with Gasteiger partial charge in [0.15, 0.2) is 0 Å². The Bertz CT molecular complexity index is 116. The zero-order chi connectivity index (χ0) is 8.81. The smallest absolute Gasteiger partial charge is 0.0459 e. The van der Waals surface area contributed by atoms with Gasteiger partial charge in [0.1, 0.15) is 0 Å². The number of aliphatic hydroxyl groups is 1. The highest BCUT2D eigenvalue weighted by atomic mass is 16.3. The molecule has 2 N–H and O–H groups in total. The Balaban J connectivity index is 2.03. The van der Waals surface area contributed by atoms with E-state index < -0.39 is 0 Å². The Kier molecular flexibility index (Phi) is 4.62. The monoisotopic (exact) mass is 171 g/mol. The van der Waals surface area contributed by atoms with Crippen LogP contribution in [0.25, 0.3) is 0 Å². The molecule has 0 saturated heterocycles. The third-order valence-corrected chi connectivity index (χ3v) is 2.77. The van der Waals surface area contributed by atoms with E-state index in [9.17, 15) is 0 Å². The molecule has 2 atom stereocenters. The molecule has 12 heavy (non-hydrogen) atoms. The van der Waals surface area contributed by atoms with Crippen molar-refractivity contribution in [3.8, 4) is 0 Å². The van der Waals surface area contributed by atoms with E-state index in [1.165, 1.54) is 25.7 Å². The summed E-state index contributed by atoms with van der Waals surface area (Å²) in [4.78, 5) is 0. The fourth-order valence-electron chi connectivity index (χ4n) is 2.01. The van der Waals surface area contributed by atoms with Gasteiger partial charge < -0.3 is 10.4 Å².